The van der Waals surface area contributed by atoms with Crippen LogP contribution < -0.4 is 5.32 Å². The van der Waals surface area contributed by atoms with Gasteiger partial charge in [-0.1, -0.05) is 264 Å². The minimum Gasteiger partial charge on any atom is -0.394 e. The molecule has 3 N–H and O–H groups in total. The SMILES string of the molecule is CCCCC/C=C/C(O)C(CO)NC(=O)CCCCCCCCCCCCCCCCCCCCCCCCCCCCCCCCCCCCCC. The number of hydrogen-bond acceptors (Lipinski definition) is 3. The van der Waals surface area contributed by atoms with Gasteiger partial charge in [0.05, 0.1) is 18.8 Å². The van der Waals surface area contributed by atoms with E-state index in [0.29, 0.717) is 6.42 Å². The fraction of sp³-hybridized carbons (Fsp3) is 0.939. The Bertz CT molecular complexity index is 725. The highest BCUT2D eigenvalue weighted by Gasteiger charge is 2.17. The normalized spacial score (nSPS) is 12.9. The van der Waals surface area contributed by atoms with E-state index in [9.17, 15) is 15.0 Å². The first-order valence-corrected chi connectivity index (χ1v) is 24.4. The van der Waals surface area contributed by atoms with Gasteiger partial charge in [0.15, 0.2) is 0 Å². The van der Waals surface area contributed by atoms with Gasteiger partial charge in [0, 0.05) is 6.42 Å². The zero-order chi connectivity index (χ0) is 38.6. The van der Waals surface area contributed by atoms with Crippen LogP contribution in [0.2, 0.25) is 0 Å². The summed E-state index contributed by atoms with van der Waals surface area (Å²) in [7, 11) is 0. The van der Waals surface area contributed by atoms with E-state index in [1.165, 1.54) is 231 Å². The van der Waals surface area contributed by atoms with Crippen molar-refractivity contribution in [2.45, 2.75) is 289 Å². The van der Waals surface area contributed by atoms with Crippen molar-refractivity contribution in [1.82, 2.24) is 5.32 Å². The largest absolute Gasteiger partial charge is 0.394 e. The van der Waals surface area contributed by atoms with Crippen LogP contribution in [-0.4, -0.2) is 34.9 Å². The third kappa shape index (κ3) is 42.1. The highest BCUT2D eigenvalue weighted by atomic mass is 16.3. The predicted octanol–water partition coefficient (Wildman–Crippen LogP) is 15.4. The van der Waals surface area contributed by atoms with E-state index >= 15 is 0 Å². The molecule has 0 heterocycles. The molecule has 0 fully saturated rings. The lowest BCUT2D eigenvalue weighted by atomic mass is 10.0. The highest BCUT2D eigenvalue weighted by Crippen LogP contribution is 2.17. The van der Waals surface area contributed by atoms with E-state index in [4.69, 9.17) is 0 Å². The minimum atomic E-state index is -0.830. The van der Waals surface area contributed by atoms with Gasteiger partial charge in [0.2, 0.25) is 5.91 Å². The third-order valence-electron chi connectivity index (χ3n) is 11.5. The monoisotopic (exact) mass is 748 g/mol. The number of allylic oxidation sites excluding steroid dienone is 1. The molecule has 1 amide bonds. The highest BCUT2D eigenvalue weighted by molar-refractivity contribution is 5.76. The van der Waals surface area contributed by atoms with Crippen LogP contribution in [0.3, 0.4) is 0 Å². The second kappa shape index (κ2) is 45.5. The van der Waals surface area contributed by atoms with Gasteiger partial charge in [-0.25, -0.2) is 0 Å². The molecule has 4 nitrogen and oxygen atoms in total. The van der Waals surface area contributed by atoms with Gasteiger partial charge in [-0.3, -0.25) is 4.79 Å². The van der Waals surface area contributed by atoms with Crippen LogP contribution in [0.5, 0.6) is 0 Å². The van der Waals surface area contributed by atoms with Gasteiger partial charge in [0.25, 0.3) is 0 Å². The third-order valence-corrected chi connectivity index (χ3v) is 11.5. The molecule has 0 aromatic rings. The first kappa shape index (κ1) is 52.1. The van der Waals surface area contributed by atoms with Crippen molar-refractivity contribution < 1.29 is 15.0 Å². The second-order valence-electron chi connectivity index (χ2n) is 16.9. The number of amides is 1. The number of aliphatic hydroxyl groups excluding tert-OH is 2. The molecule has 53 heavy (non-hydrogen) atoms. The summed E-state index contributed by atoms with van der Waals surface area (Å²) in [5, 5.41) is 22.6. The average molecular weight is 748 g/mol. The summed E-state index contributed by atoms with van der Waals surface area (Å²) in [6.45, 7) is 4.23. The van der Waals surface area contributed by atoms with Gasteiger partial charge >= 0.3 is 0 Å². The lowest BCUT2D eigenvalue weighted by molar-refractivity contribution is -0.123. The number of nitrogens with one attached hydrogen (secondary N) is 1. The fourth-order valence-electron chi connectivity index (χ4n) is 7.77. The molecular formula is C49H97NO3. The van der Waals surface area contributed by atoms with Gasteiger partial charge in [-0.15, -0.1) is 0 Å². The molecule has 0 aliphatic rings. The summed E-state index contributed by atoms with van der Waals surface area (Å²) >= 11 is 0. The van der Waals surface area contributed by atoms with Gasteiger partial charge in [-0.05, 0) is 19.3 Å². The maximum Gasteiger partial charge on any atom is 0.220 e. The molecule has 0 bridgehead atoms. The zero-order valence-electron chi connectivity index (χ0n) is 36.3. The topological polar surface area (TPSA) is 69.6 Å². The molecule has 0 saturated heterocycles. The maximum absolute atomic E-state index is 12.3. The van der Waals surface area contributed by atoms with E-state index in [1.54, 1.807) is 6.08 Å². The number of rotatable bonds is 45. The van der Waals surface area contributed by atoms with E-state index in [1.807, 2.05) is 6.08 Å². The standard InChI is InChI=1S/C49H97NO3/c1-3-5-7-9-10-11-12-13-14-15-16-17-18-19-20-21-22-23-24-25-26-27-28-29-30-31-32-33-34-35-36-37-38-39-41-43-45-49(53)50-47(46-51)48(52)44-42-40-8-6-4-2/h42,44,47-48,51-52H,3-41,43,45-46H2,1-2H3,(H,50,53)/b44-42+. The van der Waals surface area contributed by atoms with Gasteiger partial charge < -0.3 is 15.5 Å². The quantitative estimate of drug-likeness (QED) is 0.0429. The molecule has 0 saturated carbocycles. The van der Waals surface area contributed by atoms with Crippen LogP contribution in [0.15, 0.2) is 12.2 Å². The van der Waals surface area contributed by atoms with Crippen LogP contribution in [0, 0.1) is 0 Å². The molecule has 4 heteroatoms. The summed E-state index contributed by atoms with van der Waals surface area (Å²) in [5.41, 5.74) is 0. The van der Waals surface area contributed by atoms with Crippen LogP contribution in [0.1, 0.15) is 277 Å². The molecule has 0 radical (unpaired) electrons. The molecule has 0 aromatic heterocycles. The molecular weight excluding hydrogens is 651 g/mol. The van der Waals surface area contributed by atoms with E-state index in [0.717, 1.165) is 25.7 Å². The first-order valence-electron chi connectivity index (χ1n) is 24.4. The average Bonchev–Trinajstić information content (AvgIpc) is 3.16. The lowest BCUT2D eigenvalue weighted by Gasteiger charge is -2.20. The molecule has 316 valence electrons. The minimum absolute atomic E-state index is 0.0661. The molecule has 0 aliphatic carbocycles. The van der Waals surface area contributed by atoms with Crippen LogP contribution >= 0.6 is 0 Å². The van der Waals surface area contributed by atoms with E-state index < -0.39 is 12.1 Å². The Hall–Kier alpha value is -0.870. The number of carbonyl (C=O) groups excluding carboxylic acids is 1. The Morgan fingerprint density at radius 3 is 0.981 bits per heavy atom. The van der Waals surface area contributed by atoms with Crippen molar-refractivity contribution in [2.75, 3.05) is 6.61 Å². The number of aliphatic hydroxyl groups is 2. The summed E-state index contributed by atoms with van der Waals surface area (Å²) in [6, 6.07) is -0.613. The predicted molar refractivity (Wildman–Crippen MR) is 235 cm³/mol. The van der Waals surface area contributed by atoms with Crippen LogP contribution in [0.25, 0.3) is 0 Å². The van der Waals surface area contributed by atoms with Crippen molar-refractivity contribution in [2.24, 2.45) is 0 Å². The summed E-state index contributed by atoms with van der Waals surface area (Å²) < 4.78 is 0. The van der Waals surface area contributed by atoms with E-state index in [-0.39, 0.29) is 12.5 Å². The Kier molecular flexibility index (Phi) is 44.8. The molecule has 2 unspecified atom stereocenters. The van der Waals surface area contributed by atoms with Gasteiger partial charge in [0.1, 0.15) is 0 Å². The first-order chi connectivity index (χ1) is 26.2. The molecule has 0 aliphatic heterocycles. The zero-order valence-corrected chi connectivity index (χ0v) is 36.3. The molecule has 0 aromatic carbocycles. The van der Waals surface area contributed by atoms with Crippen molar-refractivity contribution in [3.63, 3.8) is 0 Å². The van der Waals surface area contributed by atoms with Crippen LogP contribution in [0.4, 0.5) is 0 Å². The Morgan fingerprint density at radius 2 is 0.698 bits per heavy atom. The summed E-state index contributed by atoms with van der Waals surface area (Å²) in [6.07, 6.45) is 58.4. The number of unbranched alkanes of at least 4 members (excludes halogenated alkanes) is 38. The van der Waals surface area contributed by atoms with Crippen molar-refractivity contribution >= 4 is 5.91 Å². The second-order valence-corrected chi connectivity index (χ2v) is 16.9. The van der Waals surface area contributed by atoms with E-state index in [2.05, 4.69) is 19.2 Å². The summed E-state index contributed by atoms with van der Waals surface area (Å²) in [4.78, 5) is 12.3. The Morgan fingerprint density at radius 1 is 0.434 bits per heavy atom. The smallest absolute Gasteiger partial charge is 0.220 e. The molecule has 2 atom stereocenters. The van der Waals surface area contributed by atoms with Crippen molar-refractivity contribution in [3.05, 3.63) is 12.2 Å². The molecule has 0 rings (SSSR count). The Balaban J connectivity index is 3.26. The van der Waals surface area contributed by atoms with Crippen molar-refractivity contribution in [1.29, 1.82) is 0 Å². The summed E-state index contributed by atoms with van der Waals surface area (Å²) in [5.74, 6) is -0.0661. The lowest BCUT2D eigenvalue weighted by Crippen LogP contribution is -2.45. The number of hydrogen-bond donors (Lipinski definition) is 3. The maximum atomic E-state index is 12.3. The number of carbonyl (C=O) groups is 1. The molecule has 0 spiro atoms. The van der Waals surface area contributed by atoms with Gasteiger partial charge in [-0.2, -0.15) is 0 Å². The fourth-order valence-corrected chi connectivity index (χ4v) is 7.77. The van der Waals surface area contributed by atoms with Crippen LogP contribution in [-0.2, 0) is 4.79 Å². The van der Waals surface area contributed by atoms with Crippen molar-refractivity contribution in [3.8, 4) is 0 Å². The Labute approximate surface area is 333 Å².